The number of hydrogen-bond acceptors (Lipinski definition) is 4. The summed E-state index contributed by atoms with van der Waals surface area (Å²) in [6, 6.07) is 25.1. The van der Waals surface area contributed by atoms with Crippen LogP contribution in [0.4, 0.5) is 0 Å². The Hall–Kier alpha value is -3.26. The van der Waals surface area contributed by atoms with Crippen molar-refractivity contribution in [2.24, 2.45) is 0 Å². The van der Waals surface area contributed by atoms with Crippen LogP contribution in [0.3, 0.4) is 0 Å². The van der Waals surface area contributed by atoms with Crippen molar-refractivity contribution in [1.29, 1.82) is 0 Å². The third-order valence-electron chi connectivity index (χ3n) is 3.97. The monoisotopic (exact) mass is 459 g/mol. The Morgan fingerprint density at radius 3 is 1.10 bits per heavy atom. The summed E-state index contributed by atoms with van der Waals surface area (Å²) in [7, 11) is 0. The van der Waals surface area contributed by atoms with Gasteiger partial charge in [-0.3, -0.25) is 0 Å². The topological polar surface area (TPSA) is 175 Å². The molecule has 0 aliphatic carbocycles. The van der Waals surface area contributed by atoms with Gasteiger partial charge in [0.15, 0.2) is 0 Å². The van der Waals surface area contributed by atoms with Crippen LogP contribution in [0.25, 0.3) is 21.5 Å². The zero-order chi connectivity index (χ0) is 18.5. The van der Waals surface area contributed by atoms with Gasteiger partial charge in [-0.1, -0.05) is 72.8 Å². The average Bonchev–Trinajstić information content (AvgIpc) is 2.67. The van der Waals surface area contributed by atoms with E-state index in [4.69, 9.17) is 0 Å². The Morgan fingerprint density at radius 1 is 0.500 bits per heavy atom. The molecule has 0 aliphatic heterocycles. The van der Waals surface area contributed by atoms with Gasteiger partial charge in [-0.2, -0.15) is 0 Å². The molecule has 0 heterocycles. The van der Waals surface area contributed by atoms with E-state index in [0.717, 1.165) is 21.5 Å². The van der Waals surface area contributed by atoms with E-state index in [9.17, 15) is 19.8 Å². The van der Waals surface area contributed by atoms with Crippen LogP contribution in [0, 0.1) is 0 Å². The SMILES string of the molecule is O.O.O.O=C([O-])c1ccc2ccccc2c1.O=C([O-])c1ccc2ccccc2c1.[Cu]. The molecular formula is C22H20CuO7-2. The van der Waals surface area contributed by atoms with Crippen molar-refractivity contribution < 1.29 is 53.3 Å². The van der Waals surface area contributed by atoms with E-state index in [1.54, 1.807) is 36.4 Å². The largest absolute Gasteiger partial charge is 0.545 e. The van der Waals surface area contributed by atoms with Crippen molar-refractivity contribution in [1.82, 2.24) is 0 Å². The first kappa shape index (κ1) is 28.9. The van der Waals surface area contributed by atoms with Gasteiger partial charge in [0.25, 0.3) is 0 Å². The van der Waals surface area contributed by atoms with Crippen LogP contribution in [0.5, 0.6) is 0 Å². The quantitative estimate of drug-likeness (QED) is 0.381. The summed E-state index contributed by atoms with van der Waals surface area (Å²) >= 11 is 0. The van der Waals surface area contributed by atoms with E-state index in [2.05, 4.69) is 0 Å². The van der Waals surface area contributed by atoms with E-state index < -0.39 is 11.9 Å². The molecule has 1 radical (unpaired) electrons. The Balaban J connectivity index is 0. The number of carboxylic acid groups (broad SMARTS) is 2. The third kappa shape index (κ3) is 6.97. The smallest absolute Gasteiger partial charge is 0.0715 e. The second-order valence-electron chi connectivity index (χ2n) is 5.70. The van der Waals surface area contributed by atoms with Gasteiger partial charge >= 0.3 is 0 Å². The number of aromatic carboxylic acids is 2. The number of carbonyl (C=O) groups is 2. The molecule has 4 aromatic rings. The van der Waals surface area contributed by atoms with Gasteiger partial charge in [-0.25, -0.2) is 0 Å². The maximum absolute atomic E-state index is 10.5. The normalized spacial score (nSPS) is 8.80. The molecule has 0 fully saturated rings. The van der Waals surface area contributed by atoms with Crippen LogP contribution in [-0.4, -0.2) is 28.4 Å². The summed E-state index contributed by atoms with van der Waals surface area (Å²) in [5.41, 5.74) is 0.442. The van der Waals surface area contributed by atoms with Crippen LogP contribution in [0.2, 0.25) is 0 Å². The molecule has 0 spiro atoms. The summed E-state index contributed by atoms with van der Waals surface area (Å²) in [4.78, 5) is 21.1. The van der Waals surface area contributed by atoms with E-state index in [1.165, 1.54) is 0 Å². The first-order valence-electron chi connectivity index (χ1n) is 7.95. The molecule has 0 saturated carbocycles. The van der Waals surface area contributed by atoms with Gasteiger partial charge in [-0.05, 0) is 44.8 Å². The second kappa shape index (κ2) is 13.1. The van der Waals surface area contributed by atoms with Gasteiger partial charge in [0.2, 0.25) is 0 Å². The summed E-state index contributed by atoms with van der Waals surface area (Å²) in [5, 5.41) is 25.0. The maximum atomic E-state index is 10.5. The van der Waals surface area contributed by atoms with E-state index in [1.807, 2.05) is 48.5 Å². The van der Waals surface area contributed by atoms with Gasteiger partial charge in [0.05, 0.1) is 11.9 Å². The zero-order valence-electron chi connectivity index (χ0n) is 15.5. The van der Waals surface area contributed by atoms with Crippen LogP contribution in [-0.2, 0) is 17.1 Å². The second-order valence-corrected chi connectivity index (χ2v) is 5.70. The molecule has 7 nitrogen and oxygen atoms in total. The van der Waals surface area contributed by atoms with Crippen LogP contribution < -0.4 is 10.2 Å². The van der Waals surface area contributed by atoms with Crippen LogP contribution >= 0.6 is 0 Å². The number of hydrogen-bond donors (Lipinski definition) is 0. The molecule has 0 amide bonds. The Bertz CT molecular complexity index is 1020. The Labute approximate surface area is 183 Å². The molecule has 0 unspecified atom stereocenters. The number of carboxylic acids is 2. The van der Waals surface area contributed by atoms with E-state index in [0.29, 0.717) is 0 Å². The van der Waals surface area contributed by atoms with Gasteiger partial charge < -0.3 is 36.2 Å². The van der Waals surface area contributed by atoms with E-state index in [-0.39, 0.29) is 44.6 Å². The zero-order valence-corrected chi connectivity index (χ0v) is 16.5. The third-order valence-corrected chi connectivity index (χ3v) is 3.97. The van der Waals surface area contributed by atoms with Crippen LogP contribution in [0.1, 0.15) is 20.7 Å². The summed E-state index contributed by atoms with van der Waals surface area (Å²) < 4.78 is 0. The van der Waals surface area contributed by atoms with Crippen LogP contribution in [0.15, 0.2) is 84.9 Å². The number of carbonyl (C=O) groups excluding carboxylic acids is 2. The molecule has 0 aliphatic rings. The molecule has 0 atom stereocenters. The van der Waals surface area contributed by atoms with Crippen molar-refractivity contribution in [3.63, 3.8) is 0 Å². The standard InChI is InChI=1S/2C11H8O2.Cu.3H2O/c2*12-11(13)10-6-5-8-3-1-2-4-9(8)7-10;;;;/h2*1-7H,(H,12,13);;3*1H2/p-2. The summed E-state index contributed by atoms with van der Waals surface area (Å²) in [6.45, 7) is 0. The molecule has 163 valence electrons. The van der Waals surface area contributed by atoms with Crippen molar-refractivity contribution >= 4 is 33.5 Å². The fourth-order valence-corrected chi connectivity index (χ4v) is 2.63. The van der Waals surface area contributed by atoms with Gasteiger partial charge in [-0.15, -0.1) is 0 Å². The van der Waals surface area contributed by atoms with Crippen molar-refractivity contribution in [2.45, 2.75) is 0 Å². The van der Waals surface area contributed by atoms with Crippen molar-refractivity contribution in [2.75, 3.05) is 0 Å². The summed E-state index contributed by atoms with van der Waals surface area (Å²) in [5.74, 6) is -2.27. The molecule has 8 heteroatoms. The first-order chi connectivity index (χ1) is 12.5. The molecule has 0 saturated heterocycles. The molecule has 4 aromatic carbocycles. The minimum absolute atomic E-state index is 0. The van der Waals surface area contributed by atoms with E-state index >= 15 is 0 Å². The number of rotatable bonds is 2. The average molecular weight is 460 g/mol. The molecule has 30 heavy (non-hydrogen) atoms. The van der Waals surface area contributed by atoms with Gasteiger partial charge in [0.1, 0.15) is 0 Å². The van der Waals surface area contributed by atoms with Gasteiger partial charge in [0, 0.05) is 17.1 Å². The molecule has 0 bridgehead atoms. The molecule has 0 aromatic heterocycles. The number of fused-ring (bicyclic) bond motifs is 2. The minimum Gasteiger partial charge on any atom is -0.545 e. The number of benzene rings is 4. The van der Waals surface area contributed by atoms with Crippen molar-refractivity contribution in [3.05, 3.63) is 96.1 Å². The Morgan fingerprint density at radius 2 is 0.800 bits per heavy atom. The fraction of sp³-hybridized carbons (Fsp3) is 0. The fourth-order valence-electron chi connectivity index (χ4n) is 2.63. The first-order valence-corrected chi connectivity index (χ1v) is 7.95. The van der Waals surface area contributed by atoms with Crippen molar-refractivity contribution in [3.8, 4) is 0 Å². The molecule has 6 N–H and O–H groups in total. The molecule has 4 rings (SSSR count). The predicted octanol–water partition coefficient (Wildman–Crippen LogP) is -0.0700. The minimum atomic E-state index is -1.13. The Kier molecular flexibility index (Phi) is 12.6. The summed E-state index contributed by atoms with van der Waals surface area (Å²) in [6.07, 6.45) is 0. The molecular weight excluding hydrogens is 440 g/mol. The maximum Gasteiger partial charge on any atom is 0.0715 e. The predicted molar refractivity (Wildman–Crippen MR) is 107 cm³/mol.